The van der Waals surface area contributed by atoms with Gasteiger partial charge in [-0.15, -0.1) is 13.2 Å². The van der Waals surface area contributed by atoms with Crippen LogP contribution in [0.5, 0.6) is 5.75 Å². The summed E-state index contributed by atoms with van der Waals surface area (Å²) in [5.74, 6) is -1.30. The molecule has 0 atom stereocenters. The molecule has 5 nitrogen and oxygen atoms in total. The number of carbonyl (C=O) groups is 1. The Morgan fingerprint density at radius 1 is 1.29 bits per heavy atom. The molecule has 0 aliphatic carbocycles. The first kappa shape index (κ1) is 17.3. The monoisotopic (exact) mass is 325 g/mol. The third-order valence-electron chi connectivity index (χ3n) is 2.37. The van der Waals surface area contributed by atoms with Crippen molar-refractivity contribution in [3.8, 4) is 5.75 Å². The summed E-state index contributed by atoms with van der Waals surface area (Å²) in [7, 11) is -3.27. The summed E-state index contributed by atoms with van der Waals surface area (Å²) in [6.45, 7) is -0.186. The van der Waals surface area contributed by atoms with E-state index in [1.165, 1.54) is 18.2 Å². The maximum absolute atomic E-state index is 12.2. The number of alkyl halides is 3. The highest BCUT2D eigenvalue weighted by molar-refractivity contribution is 7.90. The van der Waals surface area contributed by atoms with Crippen molar-refractivity contribution in [1.29, 1.82) is 0 Å². The quantitative estimate of drug-likeness (QED) is 0.863. The smallest absolute Gasteiger partial charge is 0.405 e. The Morgan fingerprint density at radius 2 is 1.90 bits per heavy atom. The molecule has 0 bridgehead atoms. The second-order valence-electron chi connectivity index (χ2n) is 4.31. The van der Waals surface area contributed by atoms with Gasteiger partial charge in [0, 0.05) is 24.8 Å². The topological polar surface area (TPSA) is 72.5 Å². The lowest BCUT2D eigenvalue weighted by Gasteiger charge is -2.13. The zero-order chi connectivity index (χ0) is 16.1. The maximum atomic E-state index is 12.2. The second kappa shape index (κ2) is 6.79. The van der Waals surface area contributed by atoms with E-state index in [0.29, 0.717) is 0 Å². The van der Waals surface area contributed by atoms with Gasteiger partial charge < -0.3 is 10.1 Å². The number of nitrogens with one attached hydrogen (secondary N) is 1. The van der Waals surface area contributed by atoms with E-state index in [1.54, 1.807) is 0 Å². The Morgan fingerprint density at radius 3 is 2.48 bits per heavy atom. The molecule has 0 saturated carbocycles. The van der Waals surface area contributed by atoms with Crippen LogP contribution in [0.3, 0.4) is 0 Å². The van der Waals surface area contributed by atoms with E-state index in [9.17, 15) is 26.4 Å². The number of rotatable bonds is 6. The standard InChI is InChI=1S/C12H14F3NO4S/c1-21(18,19)7-6-11(17)16-8-9-4-2-3-5-10(9)20-12(13,14)15/h2-5H,6-8H2,1H3,(H,16,17). The van der Waals surface area contributed by atoms with Crippen LogP contribution in [0, 0.1) is 0 Å². The molecule has 0 aliphatic heterocycles. The van der Waals surface area contributed by atoms with E-state index in [4.69, 9.17) is 0 Å². The van der Waals surface area contributed by atoms with E-state index < -0.39 is 27.9 Å². The van der Waals surface area contributed by atoms with Crippen molar-refractivity contribution in [1.82, 2.24) is 5.32 Å². The minimum absolute atomic E-state index is 0.141. The number of amides is 1. The number of para-hydroxylation sites is 1. The predicted molar refractivity (Wildman–Crippen MR) is 69.3 cm³/mol. The molecule has 21 heavy (non-hydrogen) atoms. The van der Waals surface area contributed by atoms with Gasteiger partial charge in [-0.1, -0.05) is 18.2 Å². The molecule has 0 radical (unpaired) electrons. The van der Waals surface area contributed by atoms with E-state index in [0.717, 1.165) is 12.3 Å². The van der Waals surface area contributed by atoms with Gasteiger partial charge in [0.05, 0.1) is 5.75 Å². The largest absolute Gasteiger partial charge is 0.573 e. The Balaban J connectivity index is 2.61. The van der Waals surface area contributed by atoms with Gasteiger partial charge in [0.15, 0.2) is 0 Å². The zero-order valence-corrected chi connectivity index (χ0v) is 11.9. The summed E-state index contributed by atoms with van der Waals surface area (Å²) in [5, 5.41) is 2.35. The Labute approximate surface area is 120 Å². The van der Waals surface area contributed by atoms with Crippen LogP contribution in [-0.2, 0) is 21.2 Å². The molecular formula is C12H14F3NO4S. The van der Waals surface area contributed by atoms with Gasteiger partial charge in [-0.3, -0.25) is 4.79 Å². The van der Waals surface area contributed by atoms with Crippen LogP contribution in [0.4, 0.5) is 13.2 Å². The summed E-state index contributed by atoms with van der Waals surface area (Å²) >= 11 is 0. The highest BCUT2D eigenvalue weighted by Gasteiger charge is 2.31. The zero-order valence-electron chi connectivity index (χ0n) is 11.1. The van der Waals surface area contributed by atoms with Crippen molar-refractivity contribution in [3.05, 3.63) is 29.8 Å². The molecule has 0 fully saturated rings. The lowest BCUT2D eigenvalue weighted by molar-refractivity contribution is -0.274. The second-order valence-corrected chi connectivity index (χ2v) is 6.57. The van der Waals surface area contributed by atoms with Crippen molar-refractivity contribution >= 4 is 15.7 Å². The van der Waals surface area contributed by atoms with Gasteiger partial charge >= 0.3 is 6.36 Å². The normalized spacial score (nSPS) is 12.0. The SMILES string of the molecule is CS(=O)(=O)CCC(=O)NCc1ccccc1OC(F)(F)F. The third-order valence-corrected chi connectivity index (χ3v) is 3.32. The van der Waals surface area contributed by atoms with Gasteiger partial charge in [0.25, 0.3) is 0 Å². The predicted octanol–water partition coefficient (Wildman–Crippen LogP) is 1.64. The molecule has 1 aromatic rings. The number of sulfone groups is 1. The van der Waals surface area contributed by atoms with Crippen molar-refractivity contribution in [3.63, 3.8) is 0 Å². The van der Waals surface area contributed by atoms with Crippen molar-refractivity contribution in [2.75, 3.05) is 12.0 Å². The fourth-order valence-corrected chi connectivity index (χ4v) is 1.99. The maximum Gasteiger partial charge on any atom is 0.573 e. The molecule has 1 amide bonds. The fraction of sp³-hybridized carbons (Fsp3) is 0.417. The van der Waals surface area contributed by atoms with Gasteiger partial charge in [0.1, 0.15) is 15.6 Å². The minimum atomic E-state index is -4.82. The molecule has 0 aromatic heterocycles. The average Bonchev–Trinajstić information content (AvgIpc) is 2.32. The van der Waals surface area contributed by atoms with Gasteiger partial charge in [-0.2, -0.15) is 0 Å². The summed E-state index contributed by atoms with van der Waals surface area (Å²) in [6, 6.07) is 5.38. The van der Waals surface area contributed by atoms with Crippen LogP contribution < -0.4 is 10.1 Å². The van der Waals surface area contributed by atoms with Gasteiger partial charge in [-0.25, -0.2) is 8.42 Å². The third kappa shape index (κ3) is 7.54. The van der Waals surface area contributed by atoms with Crippen LogP contribution >= 0.6 is 0 Å². The molecule has 0 saturated heterocycles. The van der Waals surface area contributed by atoms with E-state index >= 15 is 0 Å². The Bertz CT molecular complexity index is 599. The first-order valence-corrected chi connectivity index (χ1v) is 7.91. The highest BCUT2D eigenvalue weighted by atomic mass is 32.2. The lowest BCUT2D eigenvalue weighted by Crippen LogP contribution is -2.26. The molecule has 0 heterocycles. The molecule has 1 aromatic carbocycles. The minimum Gasteiger partial charge on any atom is -0.405 e. The number of carbonyl (C=O) groups excluding carboxylic acids is 1. The van der Waals surface area contributed by atoms with Gasteiger partial charge in [0.2, 0.25) is 5.91 Å². The average molecular weight is 325 g/mol. The summed E-state index contributed by atoms with van der Waals surface area (Å²) in [6.07, 6.45) is -4.08. The molecule has 0 spiro atoms. The molecule has 9 heteroatoms. The Hall–Kier alpha value is -1.77. The van der Waals surface area contributed by atoms with E-state index in [-0.39, 0.29) is 24.3 Å². The number of hydrogen-bond acceptors (Lipinski definition) is 4. The van der Waals surface area contributed by atoms with Crippen LogP contribution in [0.1, 0.15) is 12.0 Å². The molecule has 1 rings (SSSR count). The Kier molecular flexibility index (Phi) is 5.59. The van der Waals surface area contributed by atoms with Gasteiger partial charge in [-0.05, 0) is 6.07 Å². The lowest BCUT2D eigenvalue weighted by atomic mass is 10.2. The van der Waals surface area contributed by atoms with Crippen molar-refractivity contribution < 1.29 is 31.1 Å². The van der Waals surface area contributed by atoms with Crippen LogP contribution in [0.15, 0.2) is 24.3 Å². The summed E-state index contributed by atoms with van der Waals surface area (Å²) in [5.41, 5.74) is 0.141. The number of benzene rings is 1. The summed E-state index contributed by atoms with van der Waals surface area (Å²) < 4.78 is 62.2. The van der Waals surface area contributed by atoms with Crippen LogP contribution in [0.25, 0.3) is 0 Å². The first-order chi connectivity index (χ1) is 9.57. The number of hydrogen-bond donors (Lipinski definition) is 1. The van der Waals surface area contributed by atoms with Crippen LogP contribution in [0.2, 0.25) is 0 Å². The summed E-state index contributed by atoms with van der Waals surface area (Å²) in [4.78, 5) is 11.4. The number of halogens is 3. The molecule has 118 valence electrons. The highest BCUT2D eigenvalue weighted by Crippen LogP contribution is 2.25. The van der Waals surface area contributed by atoms with Crippen molar-refractivity contribution in [2.24, 2.45) is 0 Å². The first-order valence-electron chi connectivity index (χ1n) is 5.85. The van der Waals surface area contributed by atoms with Crippen LogP contribution in [-0.4, -0.2) is 32.7 Å². The molecular weight excluding hydrogens is 311 g/mol. The molecule has 0 aliphatic rings. The van der Waals surface area contributed by atoms with Crippen molar-refractivity contribution in [2.45, 2.75) is 19.3 Å². The number of ether oxygens (including phenoxy) is 1. The van der Waals surface area contributed by atoms with E-state index in [2.05, 4.69) is 10.1 Å². The molecule has 0 unspecified atom stereocenters. The molecule has 1 N–H and O–H groups in total. The fourth-order valence-electron chi connectivity index (χ4n) is 1.43. The van der Waals surface area contributed by atoms with E-state index in [1.807, 2.05) is 0 Å².